The maximum Gasteiger partial charge on any atom is 0.573 e. The summed E-state index contributed by atoms with van der Waals surface area (Å²) in [5, 5.41) is 9.99. The average Bonchev–Trinajstić information content (AvgIpc) is 3.26. The van der Waals surface area contributed by atoms with Gasteiger partial charge in [0.15, 0.2) is 6.10 Å². The number of hydrogen-bond acceptors (Lipinski definition) is 4. The van der Waals surface area contributed by atoms with Gasteiger partial charge in [0.25, 0.3) is 0 Å². The van der Waals surface area contributed by atoms with E-state index in [1.165, 1.54) is 23.1 Å². The van der Waals surface area contributed by atoms with Crippen LogP contribution in [0.2, 0.25) is 0 Å². The lowest BCUT2D eigenvalue weighted by molar-refractivity contribution is -0.274. The Kier molecular flexibility index (Phi) is 7.85. The molecule has 0 spiro atoms. The quantitative estimate of drug-likeness (QED) is 0.217. The molecular weight excluding hydrogens is 560 g/mol. The summed E-state index contributed by atoms with van der Waals surface area (Å²) in [6, 6.07) is 27.5. The number of para-hydroxylation sites is 1. The van der Waals surface area contributed by atoms with Gasteiger partial charge in [-0.2, -0.15) is 13.2 Å². The monoisotopic (exact) mass is 587 g/mol. The van der Waals surface area contributed by atoms with Crippen LogP contribution in [0.25, 0.3) is 11.1 Å². The topological polar surface area (TPSA) is 41.9 Å². The van der Waals surface area contributed by atoms with Crippen molar-refractivity contribution in [3.05, 3.63) is 114 Å². The second kappa shape index (κ2) is 11.2. The van der Waals surface area contributed by atoms with Gasteiger partial charge >= 0.3 is 12.5 Å². The Labute approximate surface area is 238 Å². The molecule has 0 aromatic heterocycles. The zero-order valence-electron chi connectivity index (χ0n) is 22.4. The molecule has 1 aliphatic rings. The molecule has 4 aromatic carbocycles. The van der Waals surface area contributed by atoms with E-state index in [9.17, 15) is 31.4 Å². The molecular formula is C32H27F6NO3. The molecule has 0 bridgehead atoms. The molecule has 0 radical (unpaired) electrons. The highest BCUT2D eigenvalue weighted by Gasteiger charge is 2.47. The van der Waals surface area contributed by atoms with Gasteiger partial charge in [0.1, 0.15) is 11.5 Å². The second-order valence-corrected chi connectivity index (χ2v) is 10.2. The van der Waals surface area contributed by atoms with Gasteiger partial charge in [0.05, 0.1) is 13.7 Å². The molecule has 2 atom stereocenters. The van der Waals surface area contributed by atoms with Crippen LogP contribution in [-0.2, 0) is 11.8 Å². The Bertz CT molecular complexity index is 1550. The Morgan fingerprint density at radius 1 is 0.810 bits per heavy atom. The van der Waals surface area contributed by atoms with Crippen LogP contribution in [0.5, 0.6) is 11.5 Å². The number of aliphatic hydroxyl groups is 1. The van der Waals surface area contributed by atoms with Gasteiger partial charge in [-0.3, -0.25) is 0 Å². The largest absolute Gasteiger partial charge is 0.573 e. The number of benzene rings is 4. The molecule has 1 N–H and O–H groups in total. The van der Waals surface area contributed by atoms with Crippen LogP contribution in [-0.4, -0.2) is 43.9 Å². The summed E-state index contributed by atoms with van der Waals surface area (Å²) in [7, 11) is 1.56. The first-order chi connectivity index (χ1) is 19.9. The summed E-state index contributed by atoms with van der Waals surface area (Å²) >= 11 is 0. The van der Waals surface area contributed by atoms with Gasteiger partial charge in [-0.1, -0.05) is 66.7 Å². The van der Waals surface area contributed by atoms with Crippen molar-refractivity contribution in [2.45, 2.75) is 30.5 Å². The first-order valence-corrected chi connectivity index (χ1v) is 13.1. The minimum absolute atomic E-state index is 0.0470. The number of aliphatic hydroxyl groups excluding tert-OH is 1. The van der Waals surface area contributed by atoms with Gasteiger partial charge in [-0.05, 0) is 64.6 Å². The van der Waals surface area contributed by atoms with Gasteiger partial charge < -0.3 is 19.5 Å². The fourth-order valence-corrected chi connectivity index (χ4v) is 5.63. The number of nitrogens with zero attached hydrogens (tertiary/aromatic N) is 1. The molecule has 4 aromatic rings. The van der Waals surface area contributed by atoms with Crippen LogP contribution in [0.1, 0.15) is 16.7 Å². The summed E-state index contributed by atoms with van der Waals surface area (Å²) in [5.74, 6) is 0.253. The minimum atomic E-state index is -4.88. The van der Waals surface area contributed by atoms with Crippen LogP contribution in [0, 0.1) is 0 Å². The zero-order chi connectivity index (χ0) is 30.1. The normalized spacial score (nSPS) is 17.6. The molecule has 220 valence electrons. The predicted molar refractivity (Wildman–Crippen MR) is 147 cm³/mol. The van der Waals surface area contributed by atoms with Gasteiger partial charge in [-0.15, -0.1) is 13.2 Å². The Balaban J connectivity index is 1.64. The standard InChI is InChI=1S/C32H27F6NO3/c1-41-25-11-6-9-23(17-25)22-8-5-10-24(16-22)30(18-21-7-4-12-26(15-21)42-32(36,37)38)20-39(19-29(40)31(33,34)35)28-14-3-2-13-27(28)30/h2-17,29,40H,18-20H2,1H3. The van der Waals surface area contributed by atoms with Gasteiger partial charge in [0.2, 0.25) is 0 Å². The minimum Gasteiger partial charge on any atom is -0.497 e. The maximum atomic E-state index is 13.4. The van der Waals surface area contributed by atoms with E-state index >= 15 is 0 Å². The van der Waals surface area contributed by atoms with Crippen molar-refractivity contribution in [3.63, 3.8) is 0 Å². The fraction of sp³-hybridized carbons (Fsp3) is 0.250. The SMILES string of the molecule is COc1cccc(-c2cccc(C3(Cc4cccc(OC(F)(F)F)c4)CN(CC(O)C(F)(F)F)c4ccccc43)c2)c1. The van der Waals surface area contributed by atoms with Crippen molar-refractivity contribution in [1.29, 1.82) is 0 Å². The molecule has 42 heavy (non-hydrogen) atoms. The van der Waals surface area contributed by atoms with Crippen LogP contribution in [0.4, 0.5) is 32.0 Å². The molecule has 10 heteroatoms. The molecule has 2 unspecified atom stereocenters. The number of alkyl halides is 6. The molecule has 0 amide bonds. The summed E-state index contributed by atoms with van der Waals surface area (Å²) < 4.78 is 88.8. The van der Waals surface area contributed by atoms with Crippen LogP contribution in [0.3, 0.4) is 0 Å². The highest BCUT2D eigenvalue weighted by molar-refractivity contribution is 5.71. The molecule has 0 saturated heterocycles. The molecule has 4 nitrogen and oxygen atoms in total. The lowest BCUT2D eigenvalue weighted by Crippen LogP contribution is -2.44. The summed E-state index contributed by atoms with van der Waals surface area (Å²) in [4.78, 5) is 1.49. The zero-order valence-corrected chi connectivity index (χ0v) is 22.4. The number of fused-ring (bicyclic) bond motifs is 1. The Morgan fingerprint density at radius 2 is 1.48 bits per heavy atom. The van der Waals surface area contributed by atoms with E-state index in [1.54, 1.807) is 31.4 Å². The smallest absolute Gasteiger partial charge is 0.497 e. The molecule has 1 aliphatic heterocycles. The molecule has 0 aliphatic carbocycles. The summed E-state index contributed by atoms with van der Waals surface area (Å²) in [5.41, 5.74) is 3.15. The lowest BCUT2D eigenvalue weighted by Gasteiger charge is -2.33. The van der Waals surface area contributed by atoms with Crippen molar-refractivity contribution < 1.29 is 40.9 Å². The number of rotatable bonds is 8. The first kappa shape index (κ1) is 29.3. The third-order valence-corrected chi connectivity index (χ3v) is 7.45. The van der Waals surface area contributed by atoms with Crippen molar-refractivity contribution in [1.82, 2.24) is 0 Å². The van der Waals surface area contributed by atoms with E-state index < -0.39 is 36.4 Å². The van der Waals surface area contributed by atoms with Gasteiger partial charge in [0, 0.05) is 17.6 Å². The molecule has 0 saturated carbocycles. The Morgan fingerprint density at radius 3 is 2.19 bits per heavy atom. The van der Waals surface area contributed by atoms with Crippen molar-refractivity contribution >= 4 is 5.69 Å². The third-order valence-electron chi connectivity index (χ3n) is 7.45. The lowest BCUT2D eigenvalue weighted by atomic mass is 9.71. The summed E-state index contributed by atoms with van der Waals surface area (Å²) in [6.45, 7) is -0.652. The number of hydrogen-bond donors (Lipinski definition) is 1. The highest BCUT2D eigenvalue weighted by Crippen LogP contribution is 2.48. The molecule has 0 fully saturated rings. The van der Waals surface area contributed by atoms with Crippen LogP contribution < -0.4 is 14.4 Å². The predicted octanol–water partition coefficient (Wildman–Crippen LogP) is 7.53. The fourth-order valence-electron chi connectivity index (χ4n) is 5.63. The van der Waals surface area contributed by atoms with Crippen LogP contribution in [0.15, 0.2) is 97.1 Å². The van der Waals surface area contributed by atoms with Crippen molar-refractivity contribution in [2.75, 3.05) is 25.1 Å². The third kappa shape index (κ3) is 6.18. The van der Waals surface area contributed by atoms with Crippen molar-refractivity contribution in [2.24, 2.45) is 0 Å². The van der Waals surface area contributed by atoms with E-state index in [4.69, 9.17) is 4.74 Å². The van der Waals surface area contributed by atoms with E-state index in [0.717, 1.165) is 16.7 Å². The van der Waals surface area contributed by atoms with E-state index in [2.05, 4.69) is 4.74 Å². The van der Waals surface area contributed by atoms with E-state index in [1.807, 2.05) is 54.6 Å². The first-order valence-electron chi connectivity index (χ1n) is 13.1. The number of ether oxygens (including phenoxy) is 2. The van der Waals surface area contributed by atoms with Crippen LogP contribution >= 0.6 is 0 Å². The summed E-state index contributed by atoms with van der Waals surface area (Å²) in [6.07, 6.45) is -12.1. The number of β-amino-alcohol motifs (C(OH)–C–C–N with tert-alkyl or cyclic N) is 1. The number of methoxy groups -OCH3 is 1. The number of anilines is 1. The number of halogens is 6. The maximum absolute atomic E-state index is 13.4. The highest BCUT2D eigenvalue weighted by atomic mass is 19.4. The molecule has 5 rings (SSSR count). The van der Waals surface area contributed by atoms with E-state index in [-0.39, 0.29) is 13.0 Å². The van der Waals surface area contributed by atoms with Gasteiger partial charge in [-0.25, -0.2) is 0 Å². The molecule has 1 heterocycles. The average molecular weight is 588 g/mol. The van der Waals surface area contributed by atoms with Crippen molar-refractivity contribution in [3.8, 4) is 22.6 Å². The van der Waals surface area contributed by atoms with E-state index in [0.29, 0.717) is 22.6 Å². The Hall–Kier alpha value is -4.18. The second-order valence-electron chi connectivity index (χ2n) is 10.2.